The van der Waals surface area contributed by atoms with Crippen molar-refractivity contribution in [3.05, 3.63) is 58.9 Å². The molecule has 0 aromatic carbocycles. The van der Waals surface area contributed by atoms with Crippen LogP contribution in [0.25, 0.3) is 0 Å². The van der Waals surface area contributed by atoms with Crippen LogP contribution in [0.15, 0.2) is 58.9 Å². The van der Waals surface area contributed by atoms with Crippen LogP contribution in [0.3, 0.4) is 0 Å². The molecule has 214 valence electrons. The van der Waals surface area contributed by atoms with Gasteiger partial charge >= 0.3 is 6.09 Å². The van der Waals surface area contributed by atoms with Gasteiger partial charge in [-0.2, -0.15) is 0 Å². The number of nitrogens with two attached hydrogens (primary N) is 1. The number of allylic oxidation sites excluding steroid dienone is 5. The number of carbonyl (C=O) groups is 4. The molecule has 1 heterocycles. The Morgan fingerprint density at radius 2 is 1.72 bits per heavy atom. The summed E-state index contributed by atoms with van der Waals surface area (Å²) < 4.78 is 22.6. The number of ketones is 2. The van der Waals surface area contributed by atoms with Gasteiger partial charge < -0.3 is 30.0 Å². The minimum atomic E-state index is -0.958. The van der Waals surface area contributed by atoms with E-state index in [2.05, 4.69) is 5.32 Å². The molecule has 0 aromatic rings. The van der Waals surface area contributed by atoms with Gasteiger partial charge in [0.05, 0.1) is 17.9 Å². The number of hydrogen-bond acceptors (Lipinski definition) is 8. The summed E-state index contributed by atoms with van der Waals surface area (Å²) in [4.78, 5) is 50.0. The van der Waals surface area contributed by atoms with Crippen molar-refractivity contribution in [3.63, 3.8) is 0 Å². The Bertz CT molecular complexity index is 1100. The van der Waals surface area contributed by atoms with Crippen LogP contribution in [0.1, 0.15) is 40.5 Å². The fraction of sp³-hybridized carbons (Fsp3) is 0.517. The molecule has 0 radical (unpaired) electrons. The van der Waals surface area contributed by atoms with Crippen LogP contribution in [0.2, 0.25) is 0 Å². The molecular formula is C29H40N2O8. The average molecular weight is 545 g/mol. The number of primary amides is 1. The summed E-state index contributed by atoms with van der Waals surface area (Å²) in [5.74, 6) is -1.53. The number of amides is 2. The number of nitrogens with one attached hydrogen (secondary N) is 1. The zero-order chi connectivity index (χ0) is 29.3. The number of methoxy groups -OCH3 is 3. The third-order valence-electron chi connectivity index (χ3n) is 6.84. The summed E-state index contributed by atoms with van der Waals surface area (Å²) in [5.41, 5.74) is 6.59. The number of fused-ring (bicyclic) bond motifs is 2. The van der Waals surface area contributed by atoms with E-state index >= 15 is 0 Å². The first-order chi connectivity index (χ1) is 18.4. The molecule has 0 fully saturated rings. The smallest absolute Gasteiger partial charge is 0.405 e. The molecule has 10 heteroatoms. The number of hydrogen-bond donors (Lipinski definition) is 2. The van der Waals surface area contributed by atoms with Gasteiger partial charge in [0.15, 0.2) is 11.9 Å². The third-order valence-corrected chi connectivity index (χ3v) is 6.84. The van der Waals surface area contributed by atoms with Crippen molar-refractivity contribution in [2.75, 3.05) is 21.3 Å². The van der Waals surface area contributed by atoms with Gasteiger partial charge in [-0.15, -0.1) is 0 Å². The van der Waals surface area contributed by atoms with Crippen LogP contribution < -0.4 is 11.1 Å². The number of carbonyl (C=O) groups excluding carboxylic acids is 4. The SMILES string of the molecule is CO[C@H]1[C@@H](OC)C[C@H](C)CC2=CC(=O)C=C(NC(=O)/C(C)=C/C=C\[C@H](OC)[C@@H](OC(N)=O)/C(C)=C/[C@@H]1C)C2=O. The van der Waals surface area contributed by atoms with Crippen LogP contribution in [0.5, 0.6) is 0 Å². The molecule has 2 bridgehead atoms. The first-order valence-electron chi connectivity index (χ1n) is 12.8. The van der Waals surface area contributed by atoms with Crippen molar-refractivity contribution >= 4 is 23.6 Å². The maximum absolute atomic E-state index is 13.1. The van der Waals surface area contributed by atoms with E-state index in [1.807, 2.05) is 19.9 Å². The second-order valence-corrected chi connectivity index (χ2v) is 9.99. The minimum Gasteiger partial charge on any atom is -0.439 e. The number of Topliss-reactive ketones (excluding diaryl/α,β-unsaturated/α-hetero) is 1. The number of rotatable bonds is 4. The van der Waals surface area contributed by atoms with E-state index in [1.165, 1.54) is 19.3 Å². The van der Waals surface area contributed by atoms with Crippen molar-refractivity contribution in [2.24, 2.45) is 17.6 Å². The number of ether oxygens (including phenoxy) is 4. The fourth-order valence-corrected chi connectivity index (χ4v) is 4.89. The van der Waals surface area contributed by atoms with E-state index in [1.54, 1.807) is 40.2 Å². The summed E-state index contributed by atoms with van der Waals surface area (Å²) in [6, 6.07) is 0. The van der Waals surface area contributed by atoms with Crippen LogP contribution in [-0.4, -0.2) is 69.3 Å². The molecule has 1 aliphatic heterocycles. The molecule has 10 nitrogen and oxygen atoms in total. The molecule has 39 heavy (non-hydrogen) atoms. The van der Waals surface area contributed by atoms with E-state index in [4.69, 9.17) is 24.7 Å². The van der Waals surface area contributed by atoms with Crippen molar-refractivity contribution < 1.29 is 38.1 Å². The Morgan fingerprint density at radius 1 is 1.03 bits per heavy atom. The third kappa shape index (κ3) is 8.84. The van der Waals surface area contributed by atoms with Gasteiger partial charge in [0.2, 0.25) is 5.78 Å². The summed E-state index contributed by atoms with van der Waals surface area (Å²) in [6.07, 6.45) is 6.70. The van der Waals surface area contributed by atoms with E-state index < -0.39 is 30.0 Å². The lowest BCUT2D eigenvalue weighted by Gasteiger charge is -2.32. The van der Waals surface area contributed by atoms with Crippen LogP contribution in [-0.2, 0) is 33.3 Å². The minimum absolute atomic E-state index is 0.0559. The molecule has 0 unspecified atom stereocenters. The monoisotopic (exact) mass is 544 g/mol. The van der Waals surface area contributed by atoms with Crippen molar-refractivity contribution in [2.45, 2.75) is 65.0 Å². The van der Waals surface area contributed by atoms with Gasteiger partial charge in [-0.05, 0) is 44.3 Å². The second kappa shape index (κ2) is 14.7. The topological polar surface area (TPSA) is 143 Å². The van der Waals surface area contributed by atoms with E-state index in [-0.39, 0.29) is 41.1 Å². The van der Waals surface area contributed by atoms with Crippen molar-refractivity contribution in [1.82, 2.24) is 5.32 Å². The lowest BCUT2D eigenvalue weighted by atomic mass is 9.86. The summed E-state index contributed by atoms with van der Waals surface area (Å²) >= 11 is 0. The molecule has 0 aromatic heterocycles. The molecule has 2 rings (SSSR count). The molecule has 1 aliphatic carbocycles. The average Bonchev–Trinajstić information content (AvgIpc) is 2.87. The molecule has 3 N–H and O–H groups in total. The summed E-state index contributed by atoms with van der Waals surface area (Å²) in [5, 5.41) is 2.55. The molecule has 0 saturated heterocycles. The fourth-order valence-electron chi connectivity index (χ4n) is 4.89. The first kappa shape index (κ1) is 31.9. The quantitative estimate of drug-likeness (QED) is 0.406. The Hall–Kier alpha value is -3.34. The van der Waals surface area contributed by atoms with Crippen LogP contribution in [0.4, 0.5) is 4.79 Å². The van der Waals surface area contributed by atoms with E-state index in [0.717, 1.165) is 6.08 Å². The molecule has 2 aliphatic rings. The maximum Gasteiger partial charge on any atom is 0.405 e. The van der Waals surface area contributed by atoms with Crippen LogP contribution in [0, 0.1) is 11.8 Å². The highest BCUT2D eigenvalue weighted by Gasteiger charge is 2.32. The lowest BCUT2D eigenvalue weighted by Crippen LogP contribution is -2.38. The predicted octanol–water partition coefficient (Wildman–Crippen LogP) is 3.09. The first-order valence-corrected chi connectivity index (χ1v) is 12.8. The highest BCUT2D eigenvalue weighted by atomic mass is 16.6. The molecule has 6 atom stereocenters. The van der Waals surface area contributed by atoms with Crippen molar-refractivity contribution in [1.29, 1.82) is 0 Å². The molecule has 0 spiro atoms. The maximum atomic E-state index is 13.1. The van der Waals surface area contributed by atoms with E-state index in [0.29, 0.717) is 24.0 Å². The van der Waals surface area contributed by atoms with Gasteiger partial charge in [0.25, 0.3) is 5.91 Å². The Morgan fingerprint density at radius 3 is 2.31 bits per heavy atom. The van der Waals surface area contributed by atoms with Gasteiger partial charge in [0, 0.05) is 44.5 Å². The summed E-state index contributed by atoms with van der Waals surface area (Å²) in [7, 11) is 4.65. The largest absolute Gasteiger partial charge is 0.439 e. The standard InChI is InChI=1S/C29H40N2O8/c1-16-11-20-14-21(32)15-22(25(20)33)31-28(34)17(2)9-8-10-23(36-5)27(39-29(30)35)19(4)13-18(3)26(38-7)24(12-16)37-6/h8-10,13-16,18,23-24,26-27H,11-12H2,1-7H3,(H2,30,35)(H,31,34)/b10-8-,17-9+,19-13+/t16-,18+,23+,24+,26-,27+/m1/s1. The normalized spacial score (nSPS) is 33.1. The zero-order valence-electron chi connectivity index (χ0n) is 23.7. The van der Waals surface area contributed by atoms with Gasteiger partial charge in [-0.25, -0.2) is 4.79 Å². The predicted molar refractivity (Wildman–Crippen MR) is 145 cm³/mol. The molecule has 2 amide bonds. The lowest BCUT2D eigenvalue weighted by molar-refractivity contribution is -0.120. The van der Waals surface area contributed by atoms with Crippen molar-refractivity contribution in [3.8, 4) is 0 Å². The van der Waals surface area contributed by atoms with E-state index in [9.17, 15) is 19.2 Å². The summed E-state index contributed by atoms with van der Waals surface area (Å²) in [6.45, 7) is 7.29. The molecule has 0 saturated carbocycles. The zero-order valence-corrected chi connectivity index (χ0v) is 23.7. The molecular weight excluding hydrogens is 504 g/mol. The van der Waals surface area contributed by atoms with Gasteiger partial charge in [-0.3, -0.25) is 14.4 Å². The van der Waals surface area contributed by atoms with Gasteiger partial charge in [-0.1, -0.05) is 38.2 Å². The highest BCUT2D eigenvalue weighted by Crippen LogP contribution is 2.28. The Labute approximate surface area is 229 Å². The highest BCUT2D eigenvalue weighted by molar-refractivity contribution is 6.21. The second-order valence-electron chi connectivity index (χ2n) is 9.99. The van der Waals surface area contributed by atoms with Gasteiger partial charge in [0.1, 0.15) is 6.10 Å². The Kier molecular flexibility index (Phi) is 12.0. The van der Waals surface area contributed by atoms with Crippen LogP contribution >= 0.6 is 0 Å². The Balaban J connectivity index is 2.57.